The van der Waals surface area contributed by atoms with Gasteiger partial charge in [0, 0.05) is 37.6 Å². The van der Waals surface area contributed by atoms with Crippen molar-refractivity contribution < 1.29 is 0 Å². The summed E-state index contributed by atoms with van der Waals surface area (Å²) in [6, 6.07) is 6.14. The van der Waals surface area contributed by atoms with Gasteiger partial charge in [-0.05, 0) is 31.7 Å². The average Bonchev–Trinajstić information content (AvgIpc) is 3.05. The molecule has 0 N–H and O–H groups in total. The first-order chi connectivity index (χ1) is 11.7. The number of fused-ring (bicyclic) bond motifs is 1. The minimum Gasteiger partial charge on any atom is -0.354 e. The van der Waals surface area contributed by atoms with Gasteiger partial charge in [-0.25, -0.2) is 19.9 Å². The summed E-state index contributed by atoms with van der Waals surface area (Å²) in [6.07, 6.45) is 5.59. The van der Waals surface area contributed by atoms with Crippen LogP contribution in [0.5, 0.6) is 0 Å². The smallest absolute Gasteiger partial charge is 0.226 e. The van der Waals surface area contributed by atoms with Crippen molar-refractivity contribution in [2.75, 3.05) is 29.4 Å². The molecule has 2 atom stereocenters. The van der Waals surface area contributed by atoms with Gasteiger partial charge in [-0.3, -0.25) is 0 Å². The maximum Gasteiger partial charge on any atom is 0.226 e. The number of aromatic nitrogens is 4. The van der Waals surface area contributed by atoms with Gasteiger partial charge in [0.2, 0.25) is 5.95 Å². The van der Waals surface area contributed by atoms with Crippen LogP contribution in [0.15, 0.2) is 24.7 Å². The summed E-state index contributed by atoms with van der Waals surface area (Å²) in [5, 5.41) is 9.07. The van der Waals surface area contributed by atoms with Crippen molar-refractivity contribution in [1.82, 2.24) is 19.9 Å². The molecule has 2 fully saturated rings. The van der Waals surface area contributed by atoms with Crippen molar-refractivity contribution in [3.8, 4) is 6.07 Å². The van der Waals surface area contributed by atoms with E-state index in [4.69, 9.17) is 5.26 Å². The van der Waals surface area contributed by atoms with Crippen molar-refractivity contribution in [2.45, 2.75) is 25.8 Å². The summed E-state index contributed by atoms with van der Waals surface area (Å²) in [5.74, 6) is 2.31. The lowest BCUT2D eigenvalue weighted by Gasteiger charge is -2.39. The van der Waals surface area contributed by atoms with E-state index in [1.165, 1.54) is 0 Å². The van der Waals surface area contributed by atoms with E-state index in [0.29, 0.717) is 23.6 Å². The van der Waals surface area contributed by atoms with E-state index in [1.54, 1.807) is 18.6 Å². The van der Waals surface area contributed by atoms with E-state index in [1.807, 2.05) is 13.0 Å². The lowest BCUT2D eigenvalue weighted by molar-refractivity contribution is 0.387. The van der Waals surface area contributed by atoms with Crippen LogP contribution < -0.4 is 9.80 Å². The topological polar surface area (TPSA) is 81.8 Å². The van der Waals surface area contributed by atoms with Gasteiger partial charge in [-0.2, -0.15) is 5.26 Å². The number of aryl methyl sites for hydroxylation is 1. The van der Waals surface area contributed by atoms with Crippen LogP contribution in [0.2, 0.25) is 0 Å². The Hall–Kier alpha value is -2.75. The van der Waals surface area contributed by atoms with Crippen LogP contribution >= 0.6 is 0 Å². The van der Waals surface area contributed by atoms with Gasteiger partial charge < -0.3 is 9.80 Å². The van der Waals surface area contributed by atoms with Crippen molar-refractivity contribution in [3.05, 3.63) is 36.0 Å². The maximum absolute atomic E-state index is 9.07. The molecule has 2 aliphatic rings. The van der Waals surface area contributed by atoms with Crippen LogP contribution in [0.25, 0.3) is 0 Å². The van der Waals surface area contributed by atoms with Crippen LogP contribution in [0.4, 0.5) is 11.8 Å². The van der Waals surface area contributed by atoms with E-state index in [0.717, 1.165) is 44.0 Å². The molecule has 24 heavy (non-hydrogen) atoms. The van der Waals surface area contributed by atoms with E-state index in [2.05, 4.69) is 35.8 Å². The molecule has 0 aromatic carbocycles. The van der Waals surface area contributed by atoms with E-state index >= 15 is 0 Å². The van der Waals surface area contributed by atoms with E-state index in [9.17, 15) is 0 Å². The Kier molecular flexibility index (Phi) is 3.73. The Morgan fingerprint density at radius 1 is 1.21 bits per heavy atom. The van der Waals surface area contributed by atoms with Gasteiger partial charge in [0.15, 0.2) is 0 Å². The minimum atomic E-state index is 0.364. The lowest BCUT2D eigenvalue weighted by Crippen LogP contribution is -2.49. The highest BCUT2D eigenvalue weighted by atomic mass is 15.3. The van der Waals surface area contributed by atoms with E-state index in [-0.39, 0.29) is 0 Å². The number of rotatable bonds is 2. The Bertz CT molecular complexity index is 785. The van der Waals surface area contributed by atoms with Gasteiger partial charge >= 0.3 is 0 Å². The Labute approximate surface area is 141 Å². The first-order valence-electron chi connectivity index (χ1n) is 8.28. The molecule has 7 nitrogen and oxygen atoms in total. The molecule has 2 aromatic heterocycles. The fourth-order valence-electron chi connectivity index (χ4n) is 3.76. The first kappa shape index (κ1) is 14.8. The summed E-state index contributed by atoms with van der Waals surface area (Å²) >= 11 is 0. The fourth-order valence-corrected chi connectivity index (χ4v) is 3.76. The SMILES string of the molecule is Cc1cc(N2CCC3CCN(c4nccc(C#N)n4)C3C2)ncn1. The van der Waals surface area contributed by atoms with Gasteiger partial charge in [0.1, 0.15) is 23.9 Å². The van der Waals surface area contributed by atoms with Crippen molar-refractivity contribution in [2.24, 2.45) is 5.92 Å². The predicted molar refractivity (Wildman–Crippen MR) is 89.6 cm³/mol. The predicted octanol–water partition coefficient (Wildman–Crippen LogP) is 1.55. The highest BCUT2D eigenvalue weighted by Gasteiger charge is 2.39. The molecule has 0 amide bonds. The summed E-state index contributed by atoms with van der Waals surface area (Å²) < 4.78 is 0. The molecule has 0 spiro atoms. The quantitative estimate of drug-likeness (QED) is 0.830. The number of piperidine rings is 1. The highest BCUT2D eigenvalue weighted by Crippen LogP contribution is 2.34. The standard InChI is InChI=1S/C17H19N7/c1-12-8-16(21-11-20-12)23-6-3-13-4-7-24(15(13)10-23)17-19-5-2-14(9-18)22-17/h2,5,8,11,13,15H,3-4,6-7,10H2,1H3. The van der Waals surface area contributed by atoms with Crippen LogP contribution in [-0.2, 0) is 0 Å². The Balaban J connectivity index is 1.58. The molecule has 7 heteroatoms. The zero-order valence-corrected chi connectivity index (χ0v) is 13.6. The molecule has 0 saturated carbocycles. The molecule has 0 radical (unpaired) electrons. The zero-order valence-electron chi connectivity index (χ0n) is 13.6. The number of nitrogens with zero attached hydrogens (tertiary/aromatic N) is 7. The van der Waals surface area contributed by atoms with Crippen LogP contribution in [0.1, 0.15) is 24.2 Å². The maximum atomic E-state index is 9.07. The van der Waals surface area contributed by atoms with Crippen molar-refractivity contribution >= 4 is 11.8 Å². The molecule has 2 aromatic rings. The molecule has 4 heterocycles. The van der Waals surface area contributed by atoms with Gasteiger partial charge in [0.05, 0.1) is 6.04 Å². The molecule has 0 aliphatic carbocycles. The third-order valence-corrected chi connectivity index (χ3v) is 4.99. The van der Waals surface area contributed by atoms with Crippen molar-refractivity contribution in [3.63, 3.8) is 0 Å². The number of hydrogen-bond donors (Lipinski definition) is 0. The number of anilines is 2. The molecular weight excluding hydrogens is 302 g/mol. The van der Waals surface area contributed by atoms with Crippen molar-refractivity contribution in [1.29, 1.82) is 5.26 Å². The zero-order chi connectivity index (χ0) is 16.5. The third kappa shape index (κ3) is 2.64. The van der Waals surface area contributed by atoms with Crippen LogP contribution in [-0.4, -0.2) is 45.6 Å². The summed E-state index contributed by atoms with van der Waals surface area (Å²) in [4.78, 5) is 22.0. The second kappa shape index (κ2) is 6.04. The molecule has 2 unspecified atom stereocenters. The molecule has 2 saturated heterocycles. The monoisotopic (exact) mass is 321 g/mol. The normalized spacial score (nSPS) is 23.0. The third-order valence-electron chi connectivity index (χ3n) is 4.99. The van der Waals surface area contributed by atoms with Gasteiger partial charge in [0.25, 0.3) is 0 Å². The Morgan fingerprint density at radius 3 is 2.92 bits per heavy atom. The highest BCUT2D eigenvalue weighted by molar-refractivity contribution is 5.44. The molecular formula is C17H19N7. The lowest BCUT2D eigenvalue weighted by atomic mass is 9.92. The second-order valence-electron chi connectivity index (χ2n) is 6.42. The van der Waals surface area contributed by atoms with Gasteiger partial charge in [-0.15, -0.1) is 0 Å². The number of nitriles is 1. The first-order valence-corrected chi connectivity index (χ1v) is 8.28. The Morgan fingerprint density at radius 2 is 2.08 bits per heavy atom. The largest absolute Gasteiger partial charge is 0.354 e. The fraction of sp³-hybridized carbons (Fsp3) is 0.471. The molecule has 122 valence electrons. The van der Waals surface area contributed by atoms with E-state index < -0.39 is 0 Å². The summed E-state index contributed by atoms with van der Waals surface area (Å²) in [6.45, 7) is 4.85. The number of hydrogen-bond acceptors (Lipinski definition) is 7. The second-order valence-corrected chi connectivity index (χ2v) is 6.42. The average molecular weight is 321 g/mol. The van der Waals surface area contributed by atoms with Crippen LogP contribution in [0.3, 0.4) is 0 Å². The van der Waals surface area contributed by atoms with Crippen LogP contribution in [0, 0.1) is 24.2 Å². The summed E-state index contributed by atoms with van der Waals surface area (Å²) in [7, 11) is 0. The summed E-state index contributed by atoms with van der Waals surface area (Å²) in [5.41, 5.74) is 1.40. The minimum absolute atomic E-state index is 0.364. The van der Waals surface area contributed by atoms with Gasteiger partial charge in [-0.1, -0.05) is 0 Å². The molecule has 4 rings (SSSR count). The molecule has 2 aliphatic heterocycles. The molecule has 0 bridgehead atoms.